The summed E-state index contributed by atoms with van der Waals surface area (Å²) in [6.07, 6.45) is 0. The molecule has 0 aliphatic rings. The predicted octanol–water partition coefficient (Wildman–Crippen LogP) is 12.1. The highest BCUT2D eigenvalue weighted by molar-refractivity contribution is 7.19. The maximum atomic E-state index is 6.49. The first-order valence-electron chi connectivity index (χ1n) is 21.7. The summed E-state index contributed by atoms with van der Waals surface area (Å²) in [7, 11) is -2.83. The fourth-order valence-corrected chi connectivity index (χ4v) is 14.5. The second-order valence-corrected chi connectivity index (χ2v) is 20.1. The van der Waals surface area contributed by atoms with Gasteiger partial charge < -0.3 is 4.42 Å². The molecule has 12 rings (SSSR count). The van der Waals surface area contributed by atoms with Gasteiger partial charge in [0.2, 0.25) is 0 Å². The molecule has 0 radical (unpaired) electrons. The summed E-state index contributed by atoms with van der Waals surface area (Å²) in [5.74, 6) is 1.84. The number of benzene rings is 10. The van der Waals surface area contributed by atoms with Crippen LogP contribution in [0.2, 0.25) is 0 Å². The van der Waals surface area contributed by atoms with Gasteiger partial charge in [0, 0.05) is 27.5 Å². The van der Waals surface area contributed by atoms with Crippen molar-refractivity contribution in [2.45, 2.75) is 0 Å². The van der Waals surface area contributed by atoms with Crippen molar-refractivity contribution in [3.63, 3.8) is 0 Å². The summed E-state index contributed by atoms with van der Waals surface area (Å²) in [5.41, 5.74) is 6.64. The van der Waals surface area contributed by atoms with Crippen molar-refractivity contribution in [1.29, 1.82) is 0 Å². The molecule has 4 nitrogen and oxygen atoms in total. The van der Waals surface area contributed by atoms with Gasteiger partial charge in [-0.3, -0.25) is 0 Å². The van der Waals surface area contributed by atoms with Crippen LogP contribution in [0.25, 0.3) is 88.8 Å². The molecule has 300 valence electrons. The molecule has 0 fully saturated rings. The van der Waals surface area contributed by atoms with Crippen LogP contribution >= 0.6 is 0 Å². The van der Waals surface area contributed by atoms with Gasteiger partial charge >= 0.3 is 0 Å². The fourth-order valence-electron chi connectivity index (χ4n) is 9.70. The first kappa shape index (κ1) is 37.5. The van der Waals surface area contributed by atoms with Crippen LogP contribution in [0.5, 0.6) is 0 Å². The second-order valence-electron chi connectivity index (χ2n) is 16.3. The van der Waals surface area contributed by atoms with Gasteiger partial charge in [-0.1, -0.05) is 212 Å². The lowest BCUT2D eigenvalue weighted by molar-refractivity contribution is 0.669. The molecule has 0 amide bonds. The number of rotatable bonds is 8. The number of furan rings is 1. The molecule has 0 unspecified atom stereocenters. The average Bonchev–Trinajstić information content (AvgIpc) is 3.77. The fraction of sp³-hybridized carbons (Fsp3) is 0. The molecule has 0 aliphatic carbocycles. The lowest BCUT2D eigenvalue weighted by atomic mass is 9.96. The van der Waals surface area contributed by atoms with Gasteiger partial charge in [0.1, 0.15) is 11.2 Å². The van der Waals surface area contributed by atoms with E-state index < -0.39 is 8.07 Å². The van der Waals surface area contributed by atoms with Crippen molar-refractivity contribution in [2.24, 2.45) is 0 Å². The Balaban J connectivity index is 1.07. The van der Waals surface area contributed by atoms with E-state index in [1.165, 1.54) is 36.9 Å². The zero-order valence-corrected chi connectivity index (χ0v) is 35.8. The Morgan fingerprint density at radius 1 is 0.297 bits per heavy atom. The topological polar surface area (TPSA) is 51.8 Å². The third-order valence-electron chi connectivity index (χ3n) is 12.6. The van der Waals surface area contributed by atoms with E-state index in [1.54, 1.807) is 0 Å². The SMILES string of the molecule is c1ccc([Si](c2ccccc2)(c2ccccc2)c2cccc(-c3nc(-c4cccc(-c5cccc6oc7ccc8ccccc8c7c56)c4)nc(-c4ccc5ccccc5c4)n3)c2)cc1. The maximum absolute atomic E-state index is 6.49. The minimum Gasteiger partial charge on any atom is -0.456 e. The van der Waals surface area contributed by atoms with Gasteiger partial charge in [-0.05, 0) is 77.7 Å². The Morgan fingerprint density at radius 2 is 0.781 bits per heavy atom. The van der Waals surface area contributed by atoms with Crippen LogP contribution in [0, 0.1) is 0 Å². The Hall–Kier alpha value is -8.25. The number of hydrogen-bond donors (Lipinski definition) is 0. The number of fused-ring (bicyclic) bond motifs is 6. The molecule has 0 aliphatic heterocycles. The molecule has 10 aromatic carbocycles. The lowest BCUT2D eigenvalue weighted by Gasteiger charge is -2.34. The van der Waals surface area contributed by atoms with Gasteiger partial charge in [0.05, 0.1) is 0 Å². The van der Waals surface area contributed by atoms with E-state index in [0.29, 0.717) is 17.5 Å². The molecule has 0 spiro atoms. The normalized spacial score (nSPS) is 11.8. The minimum atomic E-state index is -2.83. The highest BCUT2D eigenvalue weighted by Gasteiger charge is 2.41. The quantitative estimate of drug-likeness (QED) is 0.113. The van der Waals surface area contributed by atoms with E-state index in [2.05, 4.69) is 237 Å². The summed E-state index contributed by atoms with van der Waals surface area (Å²) in [5, 5.41) is 12.0. The van der Waals surface area contributed by atoms with Crippen LogP contribution in [0.1, 0.15) is 0 Å². The van der Waals surface area contributed by atoms with Crippen LogP contribution < -0.4 is 20.7 Å². The molecule has 0 atom stereocenters. The molecule has 0 bridgehead atoms. The van der Waals surface area contributed by atoms with Crippen LogP contribution in [-0.2, 0) is 0 Å². The Morgan fingerprint density at radius 3 is 1.45 bits per heavy atom. The third kappa shape index (κ3) is 6.33. The zero-order valence-electron chi connectivity index (χ0n) is 34.8. The minimum absolute atomic E-state index is 0.604. The van der Waals surface area contributed by atoms with Gasteiger partial charge in [-0.2, -0.15) is 0 Å². The van der Waals surface area contributed by atoms with Crippen molar-refractivity contribution in [3.8, 4) is 45.3 Å². The van der Waals surface area contributed by atoms with E-state index in [9.17, 15) is 0 Å². The molecule has 12 aromatic rings. The summed E-state index contributed by atoms with van der Waals surface area (Å²) < 4.78 is 6.49. The van der Waals surface area contributed by atoms with E-state index in [0.717, 1.165) is 55.1 Å². The molecular formula is C59H39N3OSi. The van der Waals surface area contributed by atoms with Crippen molar-refractivity contribution in [1.82, 2.24) is 15.0 Å². The Kier molecular flexibility index (Phi) is 9.13. The largest absolute Gasteiger partial charge is 0.456 e. The second kappa shape index (κ2) is 15.6. The van der Waals surface area contributed by atoms with Gasteiger partial charge in [0.15, 0.2) is 25.5 Å². The molecule has 2 aromatic heterocycles. The molecule has 0 N–H and O–H groups in total. The smallest absolute Gasteiger partial charge is 0.179 e. The summed E-state index contributed by atoms with van der Waals surface area (Å²) in [4.78, 5) is 15.9. The van der Waals surface area contributed by atoms with Crippen molar-refractivity contribution >= 4 is 72.3 Å². The van der Waals surface area contributed by atoms with Gasteiger partial charge in [0.25, 0.3) is 0 Å². The Bertz CT molecular complexity index is 3580. The highest BCUT2D eigenvalue weighted by atomic mass is 28.3. The van der Waals surface area contributed by atoms with E-state index in [1.807, 2.05) is 0 Å². The number of nitrogens with zero attached hydrogens (tertiary/aromatic N) is 3. The van der Waals surface area contributed by atoms with E-state index in [4.69, 9.17) is 19.4 Å². The van der Waals surface area contributed by atoms with Crippen LogP contribution in [0.4, 0.5) is 0 Å². The highest BCUT2D eigenvalue weighted by Crippen LogP contribution is 2.41. The average molecular weight is 834 g/mol. The summed E-state index contributed by atoms with van der Waals surface area (Å²) in [6.45, 7) is 0. The first-order valence-corrected chi connectivity index (χ1v) is 23.7. The van der Waals surface area contributed by atoms with Crippen molar-refractivity contribution in [3.05, 3.63) is 237 Å². The maximum Gasteiger partial charge on any atom is 0.179 e. The monoisotopic (exact) mass is 833 g/mol. The molecule has 64 heavy (non-hydrogen) atoms. The number of hydrogen-bond acceptors (Lipinski definition) is 4. The van der Waals surface area contributed by atoms with Gasteiger partial charge in [-0.15, -0.1) is 0 Å². The third-order valence-corrected chi connectivity index (χ3v) is 17.4. The van der Waals surface area contributed by atoms with Crippen molar-refractivity contribution < 1.29 is 4.42 Å². The molecule has 0 saturated heterocycles. The number of aromatic nitrogens is 3. The summed E-state index contributed by atoms with van der Waals surface area (Å²) >= 11 is 0. The van der Waals surface area contributed by atoms with E-state index in [-0.39, 0.29) is 0 Å². The van der Waals surface area contributed by atoms with Gasteiger partial charge in [-0.25, -0.2) is 15.0 Å². The molecule has 5 heteroatoms. The first-order chi connectivity index (χ1) is 31.7. The van der Waals surface area contributed by atoms with E-state index >= 15 is 0 Å². The zero-order chi connectivity index (χ0) is 42.5. The van der Waals surface area contributed by atoms with Crippen LogP contribution in [0.3, 0.4) is 0 Å². The lowest BCUT2D eigenvalue weighted by Crippen LogP contribution is -2.74. The van der Waals surface area contributed by atoms with Crippen LogP contribution in [0.15, 0.2) is 241 Å². The predicted molar refractivity (Wildman–Crippen MR) is 267 cm³/mol. The Labute approximate surface area is 371 Å². The van der Waals surface area contributed by atoms with Crippen LogP contribution in [-0.4, -0.2) is 23.0 Å². The standard InChI is InChI=1S/C59H39N3OSi/c1-4-23-47(24-5-1)64(48-25-6-2-7-26-48,49-27-8-3-9-28-49)50-29-15-22-45(39-50)58-60-57(61-59(62-58)46-34-33-40-17-10-11-19-42(40)37-46)44-21-14-20-43(38-44)52-31-16-32-53-56(52)55-51-30-13-12-18-41(51)35-36-54(55)63-53/h1-39H. The molecule has 2 heterocycles. The van der Waals surface area contributed by atoms with Crippen molar-refractivity contribution in [2.75, 3.05) is 0 Å². The summed E-state index contributed by atoms with van der Waals surface area (Å²) in [6, 6.07) is 84.4. The molecule has 0 saturated carbocycles. The molecular weight excluding hydrogens is 795 g/mol.